The first kappa shape index (κ1) is 15.9. The molecular weight excluding hydrogens is 310 g/mol. The second-order valence-corrected chi connectivity index (χ2v) is 5.35. The minimum absolute atomic E-state index is 0.136. The van der Waals surface area contributed by atoms with Crippen LogP contribution in [-0.2, 0) is 4.74 Å². The molecule has 7 nitrogen and oxygen atoms in total. The number of ether oxygens (including phenoxy) is 1. The first-order chi connectivity index (χ1) is 11.6. The lowest BCUT2D eigenvalue weighted by atomic mass is 10.2. The highest BCUT2D eigenvalue weighted by Crippen LogP contribution is 2.23. The summed E-state index contributed by atoms with van der Waals surface area (Å²) in [6.45, 7) is 3.14. The van der Waals surface area contributed by atoms with Crippen molar-refractivity contribution in [2.24, 2.45) is 4.99 Å². The summed E-state index contributed by atoms with van der Waals surface area (Å²) in [5, 5.41) is 22.4. The Morgan fingerprint density at radius 1 is 1.12 bits per heavy atom. The fourth-order valence-electron chi connectivity index (χ4n) is 2.52. The van der Waals surface area contributed by atoms with Crippen LogP contribution in [0.4, 0.5) is 17.1 Å². The molecule has 3 rings (SSSR count). The maximum atomic E-state index is 11.4. The minimum Gasteiger partial charge on any atom is -0.872 e. The van der Waals surface area contributed by atoms with Crippen LogP contribution in [0.25, 0.3) is 0 Å². The number of anilines is 1. The average molecular weight is 326 g/mol. The van der Waals surface area contributed by atoms with Crippen LogP contribution in [0.5, 0.6) is 5.75 Å². The van der Waals surface area contributed by atoms with E-state index in [9.17, 15) is 15.2 Å². The largest absolute Gasteiger partial charge is 0.872 e. The van der Waals surface area contributed by atoms with Crippen LogP contribution in [-0.4, -0.2) is 37.4 Å². The topological polar surface area (TPSA) is 91.0 Å². The van der Waals surface area contributed by atoms with Gasteiger partial charge in [0.1, 0.15) is 0 Å². The summed E-state index contributed by atoms with van der Waals surface area (Å²) in [6, 6.07) is 11.2. The molecule has 0 saturated carbocycles. The first-order valence-corrected chi connectivity index (χ1v) is 7.56. The number of rotatable bonds is 4. The van der Waals surface area contributed by atoms with Crippen LogP contribution in [0.1, 0.15) is 5.56 Å². The normalized spacial score (nSPS) is 14.9. The van der Waals surface area contributed by atoms with E-state index in [2.05, 4.69) is 9.89 Å². The van der Waals surface area contributed by atoms with E-state index in [-0.39, 0.29) is 17.0 Å². The minimum atomic E-state index is -0.525. The molecule has 1 aliphatic heterocycles. The quantitative estimate of drug-likeness (QED) is 0.488. The molecule has 1 heterocycles. The Morgan fingerprint density at radius 3 is 2.50 bits per heavy atom. The third kappa shape index (κ3) is 3.69. The molecular formula is C17H16N3O4-. The number of nitrogens with zero attached hydrogens (tertiary/aromatic N) is 3. The lowest BCUT2D eigenvalue weighted by molar-refractivity contribution is -0.385. The van der Waals surface area contributed by atoms with Crippen LogP contribution < -0.4 is 10.0 Å². The van der Waals surface area contributed by atoms with Gasteiger partial charge in [-0.15, -0.1) is 5.75 Å². The van der Waals surface area contributed by atoms with Crippen molar-refractivity contribution in [3.63, 3.8) is 0 Å². The van der Waals surface area contributed by atoms with Gasteiger partial charge in [0.2, 0.25) is 0 Å². The Kier molecular flexibility index (Phi) is 4.72. The van der Waals surface area contributed by atoms with E-state index < -0.39 is 4.92 Å². The molecule has 1 saturated heterocycles. The molecule has 0 aliphatic carbocycles. The van der Waals surface area contributed by atoms with Crippen molar-refractivity contribution in [1.29, 1.82) is 0 Å². The Labute approximate surface area is 139 Å². The fourth-order valence-corrected chi connectivity index (χ4v) is 2.52. The molecule has 1 aliphatic rings. The Balaban J connectivity index is 1.77. The Bertz CT molecular complexity index is 753. The van der Waals surface area contributed by atoms with Crippen LogP contribution >= 0.6 is 0 Å². The van der Waals surface area contributed by atoms with Crippen LogP contribution in [0.15, 0.2) is 47.5 Å². The molecule has 24 heavy (non-hydrogen) atoms. The molecule has 7 heteroatoms. The van der Waals surface area contributed by atoms with E-state index in [4.69, 9.17) is 4.74 Å². The van der Waals surface area contributed by atoms with E-state index in [0.29, 0.717) is 5.69 Å². The third-order valence-electron chi connectivity index (χ3n) is 3.77. The zero-order valence-electron chi connectivity index (χ0n) is 12.9. The highest BCUT2D eigenvalue weighted by molar-refractivity contribution is 5.87. The summed E-state index contributed by atoms with van der Waals surface area (Å²) >= 11 is 0. The molecule has 0 aromatic heterocycles. The monoisotopic (exact) mass is 326 g/mol. The van der Waals surface area contributed by atoms with Crippen molar-refractivity contribution in [2.75, 3.05) is 31.2 Å². The standard InChI is InChI=1S/C17H17N3O4/c21-16-5-6-17(20(22)23)13(11-16)12-18-14-1-3-15(4-2-14)19-7-9-24-10-8-19/h1-6,11-12,21H,7-10H2/p-1. The van der Waals surface area contributed by atoms with Crippen molar-refractivity contribution in [3.8, 4) is 5.75 Å². The summed E-state index contributed by atoms with van der Waals surface area (Å²) < 4.78 is 5.33. The van der Waals surface area contributed by atoms with Gasteiger partial charge in [-0.1, -0.05) is 12.1 Å². The van der Waals surface area contributed by atoms with Gasteiger partial charge in [0.15, 0.2) is 0 Å². The number of aliphatic imine (C=N–C) groups is 1. The summed E-state index contributed by atoms with van der Waals surface area (Å²) in [6.07, 6.45) is 1.35. The van der Waals surface area contributed by atoms with Gasteiger partial charge in [0.25, 0.3) is 5.69 Å². The fraction of sp³-hybridized carbons (Fsp3) is 0.235. The second-order valence-electron chi connectivity index (χ2n) is 5.35. The number of morpholine rings is 1. The van der Waals surface area contributed by atoms with E-state index in [0.717, 1.165) is 32.0 Å². The van der Waals surface area contributed by atoms with Crippen molar-refractivity contribution >= 4 is 23.3 Å². The Morgan fingerprint density at radius 2 is 1.83 bits per heavy atom. The first-order valence-electron chi connectivity index (χ1n) is 7.56. The van der Waals surface area contributed by atoms with Crippen LogP contribution in [0, 0.1) is 10.1 Å². The lowest BCUT2D eigenvalue weighted by Gasteiger charge is -2.28. The molecule has 1 fully saturated rings. The third-order valence-corrected chi connectivity index (χ3v) is 3.77. The van der Waals surface area contributed by atoms with E-state index in [1.807, 2.05) is 24.3 Å². The second kappa shape index (κ2) is 7.10. The van der Waals surface area contributed by atoms with Crippen LogP contribution in [0.3, 0.4) is 0 Å². The molecule has 0 bridgehead atoms. The van der Waals surface area contributed by atoms with Gasteiger partial charge in [-0.2, -0.15) is 0 Å². The van der Waals surface area contributed by atoms with Gasteiger partial charge in [-0.25, -0.2) is 0 Å². The van der Waals surface area contributed by atoms with Gasteiger partial charge in [0.05, 0.1) is 29.4 Å². The zero-order chi connectivity index (χ0) is 16.9. The molecule has 124 valence electrons. The number of hydrogen-bond acceptors (Lipinski definition) is 6. The van der Waals surface area contributed by atoms with Gasteiger partial charge < -0.3 is 14.7 Å². The maximum Gasteiger partial charge on any atom is 0.278 e. The van der Waals surface area contributed by atoms with E-state index in [1.165, 1.54) is 24.4 Å². The lowest BCUT2D eigenvalue weighted by Crippen LogP contribution is -2.36. The van der Waals surface area contributed by atoms with E-state index in [1.54, 1.807) is 0 Å². The predicted octanol–water partition coefficient (Wildman–Crippen LogP) is 2.26. The zero-order valence-corrected chi connectivity index (χ0v) is 12.9. The predicted molar refractivity (Wildman–Crippen MR) is 89.3 cm³/mol. The number of nitro benzene ring substituents is 1. The highest BCUT2D eigenvalue weighted by Gasteiger charge is 2.12. The summed E-state index contributed by atoms with van der Waals surface area (Å²) in [7, 11) is 0. The van der Waals surface area contributed by atoms with Crippen molar-refractivity contribution in [3.05, 3.63) is 58.1 Å². The molecule has 0 N–H and O–H groups in total. The molecule has 0 spiro atoms. The average Bonchev–Trinajstić information content (AvgIpc) is 2.61. The number of nitro groups is 1. The van der Waals surface area contributed by atoms with Crippen molar-refractivity contribution in [2.45, 2.75) is 0 Å². The molecule has 2 aromatic carbocycles. The van der Waals surface area contributed by atoms with Gasteiger partial charge in [0, 0.05) is 31.1 Å². The summed E-state index contributed by atoms with van der Waals surface area (Å²) in [4.78, 5) is 16.9. The maximum absolute atomic E-state index is 11.4. The molecule has 0 unspecified atom stereocenters. The SMILES string of the molecule is O=[N+]([O-])c1ccc([O-])cc1C=Nc1ccc(N2CCOCC2)cc1. The molecule has 0 atom stereocenters. The van der Waals surface area contributed by atoms with Crippen LogP contribution in [0.2, 0.25) is 0 Å². The van der Waals surface area contributed by atoms with Crippen molar-refractivity contribution in [1.82, 2.24) is 0 Å². The van der Waals surface area contributed by atoms with E-state index >= 15 is 0 Å². The number of benzene rings is 2. The van der Waals surface area contributed by atoms with Gasteiger partial charge in [-0.05, 0) is 24.3 Å². The number of hydrogen-bond donors (Lipinski definition) is 0. The molecule has 0 radical (unpaired) electrons. The summed E-state index contributed by atoms with van der Waals surface area (Å²) in [5.41, 5.74) is 1.82. The Hall–Kier alpha value is -2.93. The highest BCUT2D eigenvalue weighted by atomic mass is 16.6. The summed E-state index contributed by atoms with van der Waals surface area (Å²) in [5.74, 6) is -0.287. The molecule has 0 amide bonds. The van der Waals surface area contributed by atoms with Crippen molar-refractivity contribution < 1.29 is 14.8 Å². The van der Waals surface area contributed by atoms with Gasteiger partial charge in [-0.3, -0.25) is 15.1 Å². The molecule has 2 aromatic rings. The smallest absolute Gasteiger partial charge is 0.278 e. The van der Waals surface area contributed by atoms with Gasteiger partial charge >= 0.3 is 0 Å².